The summed E-state index contributed by atoms with van der Waals surface area (Å²) in [6.45, 7) is 0.272. The van der Waals surface area contributed by atoms with Gasteiger partial charge in [0.25, 0.3) is 5.91 Å². The molecule has 1 aromatic rings. The highest BCUT2D eigenvalue weighted by molar-refractivity contribution is 6.08. The summed E-state index contributed by atoms with van der Waals surface area (Å²) in [5.74, 6) is 6.46. The van der Waals surface area contributed by atoms with E-state index in [2.05, 4.69) is 22.1 Å². The van der Waals surface area contributed by atoms with Crippen LogP contribution < -0.4 is 15.8 Å². The molecule has 0 radical (unpaired) electrons. The highest BCUT2D eigenvalue weighted by atomic mass is 16.5. The van der Waals surface area contributed by atoms with Crippen LogP contribution in [0.1, 0.15) is 12.1 Å². The molecule has 0 atom stereocenters. The Hall–Kier alpha value is -2.97. The number of nitrogens with two attached hydrogens (primary N) is 1. The minimum atomic E-state index is -0.137. The second-order valence-electron chi connectivity index (χ2n) is 5.04. The molecule has 0 unspecified atom stereocenters. The molecule has 3 rings (SSSR count). The Bertz CT molecular complexity index is 826. The van der Waals surface area contributed by atoms with E-state index in [9.17, 15) is 4.79 Å². The average Bonchev–Trinajstić information content (AvgIpc) is 3.06. The van der Waals surface area contributed by atoms with Gasteiger partial charge in [-0.25, -0.2) is 0 Å². The lowest BCUT2D eigenvalue weighted by Gasteiger charge is -2.05. The van der Waals surface area contributed by atoms with Crippen molar-refractivity contribution in [1.82, 2.24) is 10.3 Å². The highest BCUT2D eigenvalue weighted by Gasteiger charge is 2.29. The van der Waals surface area contributed by atoms with Crippen LogP contribution in [0, 0.1) is 11.8 Å². The molecule has 1 aromatic heterocycles. The summed E-state index contributed by atoms with van der Waals surface area (Å²) in [7, 11) is 1.60. The number of aromatic amines is 1. The van der Waals surface area contributed by atoms with Gasteiger partial charge in [0, 0.05) is 29.5 Å². The topological polar surface area (TPSA) is 80.1 Å². The number of aromatic nitrogens is 1. The number of nitrogens with one attached hydrogen (secondary N) is 2. The van der Waals surface area contributed by atoms with Gasteiger partial charge in [0.15, 0.2) is 0 Å². The molecule has 0 fully saturated rings. The van der Waals surface area contributed by atoms with Crippen LogP contribution in [-0.2, 0) is 4.79 Å². The summed E-state index contributed by atoms with van der Waals surface area (Å²) in [6, 6.07) is 1.81. The van der Waals surface area contributed by atoms with Crippen molar-refractivity contribution in [2.24, 2.45) is 5.73 Å². The minimum absolute atomic E-state index is 0.137. The second kappa shape index (κ2) is 6.42. The van der Waals surface area contributed by atoms with Crippen LogP contribution in [0.3, 0.4) is 0 Å². The molecule has 116 valence electrons. The Balaban J connectivity index is 2.10. The number of carbonyl (C=O) groups excluding carboxylic acids is 1. The zero-order valence-electron chi connectivity index (χ0n) is 12.8. The van der Waals surface area contributed by atoms with Crippen LogP contribution in [0.4, 0.5) is 0 Å². The number of carbonyl (C=O) groups is 1. The number of amides is 1. The number of ether oxygens (including phenoxy) is 1. The third-order valence-corrected chi connectivity index (χ3v) is 3.64. The predicted molar refractivity (Wildman–Crippen MR) is 89.2 cm³/mol. The standard InChI is InChI=1S/C18H17N3O2/c1-23-16-8-10-20-15(16)11-13-17-12(6-4-9-19)5-2-3-7-14(17)21-18(13)22/h2-3,5,8,10-11,20H,7,9,19H2,1H3,(H,21,22)/b13-11-. The van der Waals surface area contributed by atoms with Gasteiger partial charge in [-0.3, -0.25) is 4.79 Å². The van der Waals surface area contributed by atoms with E-state index in [0.717, 1.165) is 22.5 Å². The molecule has 0 saturated heterocycles. The first-order valence-electron chi connectivity index (χ1n) is 7.28. The normalized spacial score (nSPS) is 18.1. The molecule has 0 bridgehead atoms. The Morgan fingerprint density at radius 2 is 2.35 bits per heavy atom. The minimum Gasteiger partial charge on any atom is -0.495 e. The van der Waals surface area contributed by atoms with Crippen molar-refractivity contribution in [3.8, 4) is 17.6 Å². The molecule has 5 heteroatoms. The molecular formula is C18H17N3O2. The first-order valence-corrected chi connectivity index (χ1v) is 7.28. The van der Waals surface area contributed by atoms with Gasteiger partial charge in [-0.15, -0.1) is 0 Å². The van der Waals surface area contributed by atoms with E-state index >= 15 is 0 Å². The Morgan fingerprint density at radius 1 is 1.48 bits per heavy atom. The largest absolute Gasteiger partial charge is 0.495 e. The smallest absolute Gasteiger partial charge is 0.256 e. The van der Waals surface area contributed by atoms with Crippen LogP contribution in [0.2, 0.25) is 0 Å². The van der Waals surface area contributed by atoms with E-state index in [1.165, 1.54) is 0 Å². The van der Waals surface area contributed by atoms with Crippen LogP contribution in [-0.4, -0.2) is 24.5 Å². The summed E-state index contributed by atoms with van der Waals surface area (Å²) in [4.78, 5) is 15.5. The first kappa shape index (κ1) is 14.9. The monoisotopic (exact) mass is 307 g/mol. The number of H-pyrrole nitrogens is 1. The molecule has 2 heterocycles. The maximum Gasteiger partial charge on any atom is 0.256 e. The molecule has 0 saturated carbocycles. The van der Waals surface area contributed by atoms with Crippen LogP contribution in [0.5, 0.6) is 5.75 Å². The molecular weight excluding hydrogens is 290 g/mol. The summed E-state index contributed by atoms with van der Waals surface area (Å²) in [6.07, 6.45) is 10.1. The fourth-order valence-corrected chi connectivity index (χ4v) is 2.63. The van der Waals surface area contributed by atoms with Crippen molar-refractivity contribution in [3.05, 3.63) is 58.6 Å². The van der Waals surface area contributed by atoms with Crippen LogP contribution in [0.25, 0.3) is 6.08 Å². The quantitative estimate of drug-likeness (QED) is 0.574. The first-order chi connectivity index (χ1) is 11.2. The Labute approximate surface area is 134 Å². The van der Waals surface area contributed by atoms with Gasteiger partial charge in [0.2, 0.25) is 0 Å². The number of rotatable bonds is 2. The number of hydrogen-bond acceptors (Lipinski definition) is 3. The zero-order chi connectivity index (χ0) is 16.2. The number of allylic oxidation sites excluding steroid dienone is 4. The molecule has 1 aliphatic carbocycles. The molecule has 0 aromatic carbocycles. The molecule has 0 spiro atoms. The maximum atomic E-state index is 12.4. The second-order valence-corrected chi connectivity index (χ2v) is 5.04. The van der Waals surface area contributed by atoms with Gasteiger partial charge in [-0.05, 0) is 18.2 Å². The summed E-state index contributed by atoms with van der Waals surface area (Å²) >= 11 is 0. The van der Waals surface area contributed by atoms with Crippen molar-refractivity contribution in [2.75, 3.05) is 13.7 Å². The van der Waals surface area contributed by atoms with Crippen molar-refractivity contribution in [1.29, 1.82) is 0 Å². The summed E-state index contributed by atoms with van der Waals surface area (Å²) < 4.78 is 5.29. The van der Waals surface area contributed by atoms with Crippen molar-refractivity contribution < 1.29 is 9.53 Å². The van der Waals surface area contributed by atoms with E-state index in [-0.39, 0.29) is 12.5 Å². The van der Waals surface area contributed by atoms with E-state index in [1.54, 1.807) is 19.4 Å². The van der Waals surface area contributed by atoms with Gasteiger partial charge in [-0.2, -0.15) is 0 Å². The molecule has 4 N–H and O–H groups in total. The predicted octanol–water partition coefficient (Wildman–Crippen LogP) is 1.64. The van der Waals surface area contributed by atoms with Crippen LogP contribution >= 0.6 is 0 Å². The lowest BCUT2D eigenvalue weighted by Crippen LogP contribution is -2.16. The van der Waals surface area contributed by atoms with Crippen molar-refractivity contribution in [2.45, 2.75) is 6.42 Å². The molecule has 1 aliphatic heterocycles. The number of hydrogen-bond donors (Lipinski definition) is 3. The van der Waals surface area contributed by atoms with E-state index in [0.29, 0.717) is 17.7 Å². The fourth-order valence-electron chi connectivity index (χ4n) is 2.63. The third kappa shape index (κ3) is 2.85. The Morgan fingerprint density at radius 3 is 3.13 bits per heavy atom. The van der Waals surface area contributed by atoms with Gasteiger partial charge in [-0.1, -0.05) is 24.0 Å². The fraction of sp³-hybridized carbons (Fsp3) is 0.167. The van der Waals surface area contributed by atoms with Crippen molar-refractivity contribution >= 4 is 12.0 Å². The average molecular weight is 307 g/mol. The maximum absolute atomic E-state index is 12.4. The highest BCUT2D eigenvalue weighted by Crippen LogP contribution is 2.33. The van der Waals surface area contributed by atoms with E-state index < -0.39 is 0 Å². The SMILES string of the molecule is COc1cc[nH]c1/C=C1\C(=O)NC2=C1C(C#CCN)=CC=CC2. The summed E-state index contributed by atoms with van der Waals surface area (Å²) in [5.41, 5.74) is 9.27. The lowest BCUT2D eigenvalue weighted by molar-refractivity contribution is -0.116. The molecule has 1 amide bonds. The van der Waals surface area contributed by atoms with Crippen molar-refractivity contribution in [3.63, 3.8) is 0 Å². The van der Waals surface area contributed by atoms with Gasteiger partial charge < -0.3 is 20.8 Å². The molecule has 2 aliphatic rings. The van der Waals surface area contributed by atoms with Gasteiger partial charge >= 0.3 is 0 Å². The number of methoxy groups -OCH3 is 1. The third-order valence-electron chi connectivity index (χ3n) is 3.64. The van der Waals surface area contributed by atoms with Crippen LogP contribution in [0.15, 0.2) is 52.9 Å². The van der Waals surface area contributed by atoms with Gasteiger partial charge in [0.1, 0.15) is 5.75 Å². The summed E-state index contributed by atoms with van der Waals surface area (Å²) in [5, 5.41) is 2.93. The molecule has 23 heavy (non-hydrogen) atoms. The lowest BCUT2D eigenvalue weighted by atomic mass is 9.97. The molecule has 5 nitrogen and oxygen atoms in total. The van der Waals surface area contributed by atoms with E-state index in [4.69, 9.17) is 10.5 Å². The van der Waals surface area contributed by atoms with Gasteiger partial charge in [0.05, 0.1) is 24.9 Å². The zero-order valence-corrected chi connectivity index (χ0v) is 12.8. The van der Waals surface area contributed by atoms with E-state index in [1.807, 2.05) is 24.3 Å². The Kier molecular flexibility index (Phi) is 4.18.